The second-order valence-corrected chi connectivity index (χ2v) is 4.09. The molecule has 0 unspecified atom stereocenters. The molecule has 0 fully saturated rings. The lowest BCUT2D eigenvalue weighted by atomic mass is 10.3. The van der Waals surface area contributed by atoms with E-state index in [9.17, 15) is 4.39 Å². The molecule has 0 aliphatic heterocycles. The topological polar surface area (TPSA) is 51.8 Å². The van der Waals surface area contributed by atoms with Crippen LogP contribution in [0.4, 0.5) is 10.3 Å². The fourth-order valence-corrected chi connectivity index (χ4v) is 1.55. The van der Waals surface area contributed by atoms with Crippen molar-refractivity contribution < 1.29 is 4.39 Å². The molecule has 0 aromatic carbocycles. The van der Waals surface area contributed by atoms with Crippen LogP contribution in [0.15, 0.2) is 11.2 Å². The maximum absolute atomic E-state index is 13.0. The van der Waals surface area contributed by atoms with Crippen molar-refractivity contribution in [1.29, 1.82) is 0 Å². The third-order valence-corrected chi connectivity index (χ3v) is 2.68. The van der Waals surface area contributed by atoms with Crippen LogP contribution in [0.2, 0.25) is 0 Å². The highest BCUT2D eigenvalue weighted by molar-refractivity contribution is 7.99. The van der Waals surface area contributed by atoms with Crippen LogP contribution >= 0.6 is 11.8 Å². The third-order valence-electron chi connectivity index (χ3n) is 1.28. The average molecular weight is 201 g/mol. The number of anilines is 1. The molecule has 1 heterocycles. The molecule has 0 aliphatic rings. The van der Waals surface area contributed by atoms with Crippen LogP contribution in [0.5, 0.6) is 0 Å². The zero-order chi connectivity index (χ0) is 9.84. The minimum absolute atomic E-state index is 0.118. The van der Waals surface area contributed by atoms with E-state index in [0.717, 1.165) is 11.9 Å². The van der Waals surface area contributed by atoms with E-state index in [1.165, 1.54) is 11.8 Å². The van der Waals surface area contributed by atoms with Crippen LogP contribution in [0.3, 0.4) is 0 Å². The summed E-state index contributed by atoms with van der Waals surface area (Å²) in [5.74, 6) is 1.04. The largest absolute Gasteiger partial charge is 0.368 e. The molecule has 0 radical (unpaired) electrons. The van der Waals surface area contributed by atoms with Crippen molar-refractivity contribution in [2.75, 3.05) is 11.5 Å². The molecule has 0 saturated carbocycles. The first kappa shape index (κ1) is 10.2. The summed E-state index contributed by atoms with van der Waals surface area (Å²) in [6, 6.07) is 0. The molecule has 0 spiro atoms. The summed E-state index contributed by atoms with van der Waals surface area (Å²) < 4.78 is 13.0. The second kappa shape index (κ2) is 4.41. The van der Waals surface area contributed by atoms with E-state index in [1.807, 2.05) is 0 Å². The molecule has 5 heteroatoms. The number of nitrogen functional groups attached to an aromatic ring is 1. The first-order valence-electron chi connectivity index (χ1n) is 4.00. The second-order valence-electron chi connectivity index (χ2n) is 3.09. The Hall–Kier alpha value is -0.840. The quantitative estimate of drug-likeness (QED) is 0.600. The Kier molecular flexibility index (Phi) is 3.48. The summed E-state index contributed by atoms with van der Waals surface area (Å²) in [7, 11) is 0. The van der Waals surface area contributed by atoms with E-state index < -0.39 is 5.82 Å². The molecule has 72 valence electrons. The Balaban J connectivity index is 2.70. The molecule has 1 rings (SSSR count). The normalized spacial score (nSPS) is 10.8. The van der Waals surface area contributed by atoms with Crippen molar-refractivity contribution in [2.45, 2.75) is 18.9 Å². The van der Waals surface area contributed by atoms with Crippen molar-refractivity contribution in [2.24, 2.45) is 5.92 Å². The monoisotopic (exact) mass is 201 g/mol. The van der Waals surface area contributed by atoms with Gasteiger partial charge < -0.3 is 5.73 Å². The fourth-order valence-electron chi connectivity index (χ4n) is 0.711. The molecule has 1 aromatic rings. The third kappa shape index (κ3) is 3.18. The minimum atomic E-state index is -0.403. The van der Waals surface area contributed by atoms with Gasteiger partial charge in [0.1, 0.15) is 5.03 Å². The predicted octanol–water partition coefficient (Wildman–Crippen LogP) is 1.95. The van der Waals surface area contributed by atoms with Gasteiger partial charge >= 0.3 is 0 Å². The minimum Gasteiger partial charge on any atom is -0.368 e. The van der Waals surface area contributed by atoms with Gasteiger partial charge in [0.05, 0.1) is 6.20 Å². The highest BCUT2D eigenvalue weighted by Crippen LogP contribution is 2.21. The van der Waals surface area contributed by atoms with Gasteiger partial charge in [-0.1, -0.05) is 13.8 Å². The Morgan fingerprint density at radius 1 is 1.62 bits per heavy atom. The van der Waals surface area contributed by atoms with Crippen LogP contribution in [0, 0.1) is 11.7 Å². The number of thioether (sulfide) groups is 1. The smallest absolute Gasteiger partial charge is 0.221 e. The van der Waals surface area contributed by atoms with Crippen molar-refractivity contribution in [3.8, 4) is 0 Å². The van der Waals surface area contributed by atoms with Gasteiger partial charge in [-0.2, -0.15) is 0 Å². The summed E-state index contributed by atoms with van der Waals surface area (Å²) >= 11 is 1.36. The van der Waals surface area contributed by atoms with Gasteiger partial charge in [-0.3, -0.25) is 0 Å². The summed E-state index contributed by atoms with van der Waals surface area (Å²) in [5, 5.41) is 0.334. The number of nitrogens with zero attached hydrogens (tertiary/aromatic N) is 2. The van der Waals surface area contributed by atoms with E-state index >= 15 is 0 Å². The summed E-state index contributed by atoms with van der Waals surface area (Å²) in [6.45, 7) is 4.13. The van der Waals surface area contributed by atoms with Crippen molar-refractivity contribution >= 4 is 17.7 Å². The molecule has 2 N–H and O–H groups in total. The van der Waals surface area contributed by atoms with Crippen LogP contribution in [0.1, 0.15) is 13.8 Å². The number of nitrogens with two attached hydrogens (primary N) is 1. The first-order chi connectivity index (χ1) is 6.09. The SMILES string of the molecule is CC(C)CSc1nc(N)ncc1F. The number of hydrogen-bond acceptors (Lipinski definition) is 4. The predicted molar refractivity (Wildman–Crippen MR) is 52.0 cm³/mol. The lowest BCUT2D eigenvalue weighted by molar-refractivity contribution is 0.580. The zero-order valence-corrected chi connectivity index (χ0v) is 8.44. The van der Waals surface area contributed by atoms with Gasteiger partial charge in [-0.15, -0.1) is 11.8 Å². The van der Waals surface area contributed by atoms with Crippen LogP contribution in [-0.4, -0.2) is 15.7 Å². The average Bonchev–Trinajstić information content (AvgIpc) is 2.06. The van der Waals surface area contributed by atoms with Crippen molar-refractivity contribution in [3.05, 3.63) is 12.0 Å². The molecule has 13 heavy (non-hydrogen) atoms. The molecular formula is C8H12FN3S. The van der Waals surface area contributed by atoms with E-state index in [-0.39, 0.29) is 5.95 Å². The Bertz CT molecular complexity index is 291. The summed E-state index contributed by atoms with van der Waals surface area (Å²) in [5.41, 5.74) is 5.33. The van der Waals surface area contributed by atoms with Gasteiger partial charge in [-0.25, -0.2) is 14.4 Å². The van der Waals surface area contributed by atoms with E-state index in [0.29, 0.717) is 10.9 Å². The summed E-state index contributed by atoms with van der Waals surface area (Å²) in [6.07, 6.45) is 1.10. The number of halogens is 1. The first-order valence-corrected chi connectivity index (χ1v) is 4.99. The number of hydrogen-bond donors (Lipinski definition) is 1. The molecule has 1 aromatic heterocycles. The molecule has 0 bridgehead atoms. The Morgan fingerprint density at radius 3 is 2.92 bits per heavy atom. The Labute approximate surface area is 81.0 Å². The molecule has 0 amide bonds. The fraction of sp³-hybridized carbons (Fsp3) is 0.500. The van der Waals surface area contributed by atoms with Gasteiger partial charge in [0, 0.05) is 5.75 Å². The van der Waals surface area contributed by atoms with Crippen LogP contribution in [0.25, 0.3) is 0 Å². The molecule has 3 nitrogen and oxygen atoms in total. The van der Waals surface area contributed by atoms with Crippen molar-refractivity contribution in [1.82, 2.24) is 9.97 Å². The lowest BCUT2D eigenvalue weighted by Crippen LogP contribution is -1.99. The Morgan fingerprint density at radius 2 is 2.31 bits per heavy atom. The standard InChI is InChI=1S/C8H12FN3S/c1-5(2)4-13-7-6(9)3-11-8(10)12-7/h3,5H,4H2,1-2H3,(H2,10,11,12). The van der Waals surface area contributed by atoms with E-state index in [1.54, 1.807) is 0 Å². The zero-order valence-electron chi connectivity index (χ0n) is 7.62. The van der Waals surface area contributed by atoms with Crippen LogP contribution in [-0.2, 0) is 0 Å². The molecule has 0 atom stereocenters. The summed E-state index contributed by atoms with van der Waals surface area (Å²) in [4.78, 5) is 7.34. The van der Waals surface area contributed by atoms with Crippen molar-refractivity contribution in [3.63, 3.8) is 0 Å². The van der Waals surface area contributed by atoms with Gasteiger partial charge in [0.15, 0.2) is 5.82 Å². The lowest BCUT2D eigenvalue weighted by Gasteiger charge is -2.04. The van der Waals surface area contributed by atoms with E-state index in [2.05, 4.69) is 23.8 Å². The van der Waals surface area contributed by atoms with E-state index in [4.69, 9.17) is 5.73 Å². The number of aromatic nitrogens is 2. The highest BCUT2D eigenvalue weighted by atomic mass is 32.2. The van der Waals surface area contributed by atoms with Crippen LogP contribution < -0.4 is 5.73 Å². The molecule has 0 saturated heterocycles. The van der Waals surface area contributed by atoms with Gasteiger partial charge in [0.25, 0.3) is 0 Å². The molecule has 0 aliphatic carbocycles. The maximum Gasteiger partial charge on any atom is 0.221 e. The molecular weight excluding hydrogens is 189 g/mol. The van der Waals surface area contributed by atoms with Gasteiger partial charge in [0.2, 0.25) is 5.95 Å². The maximum atomic E-state index is 13.0. The van der Waals surface area contributed by atoms with Gasteiger partial charge in [-0.05, 0) is 5.92 Å². The number of rotatable bonds is 3. The highest BCUT2D eigenvalue weighted by Gasteiger charge is 2.06.